The molecule has 4 heteroatoms. The average Bonchev–Trinajstić information content (AvgIpc) is 2.26. The summed E-state index contributed by atoms with van der Waals surface area (Å²) in [7, 11) is 0. The van der Waals surface area contributed by atoms with Gasteiger partial charge in [0.2, 0.25) is 0 Å². The number of aliphatic carboxylic acids is 1. The molecule has 0 radical (unpaired) electrons. The summed E-state index contributed by atoms with van der Waals surface area (Å²) >= 11 is 5.77. The number of hydrogen-bond acceptors (Lipinski definition) is 2. The number of aryl methyl sites for hydroxylation is 1. The Kier molecular flexibility index (Phi) is 5.29. The first kappa shape index (κ1) is 13.0. The van der Waals surface area contributed by atoms with Crippen molar-refractivity contribution in [3.8, 4) is 0 Å². The van der Waals surface area contributed by atoms with Gasteiger partial charge in [0.05, 0.1) is 0 Å². The lowest BCUT2D eigenvalue weighted by atomic mass is 10.0. The van der Waals surface area contributed by atoms with E-state index >= 15 is 0 Å². The summed E-state index contributed by atoms with van der Waals surface area (Å²) in [6, 6.07) is 6.96. The van der Waals surface area contributed by atoms with Gasteiger partial charge in [-0.3, -0.25) is 4.79 Å². The van der Waals surface area contributed by atoms with Crippen molar-refractivity contribution >= 4 is 17.6 Å². The monoisotopic (exact) mass is 241 g/mol. The molecule has 0 fully saturated rings. The Labute approximate surface area is 100 Å². The van der Waals surface area contributed by atoms with E-state index in [1.54, 1.807) is 0 Å². The number of benzene rings is 1. The molecule has 0 saturated carbocycles. The molecule has 3 N–H and O–H groups in total. The molecule has 0 aliphatic rings. The third kappa shape index (κ3) is 4.64. The van der Waals surface area contributed by atoms with Gasteiger partial charge in [0.25, 0.3) is 0 Å². The first-order chi connectivity index (χ1) is 7.59. The van der Waals surface area contributed by atoms with E-state index in [4.69, 9.17) is 22.4 Å². The SMILES string of the molecule is NC(CCCCc1ccc(Cl)cc1)C(=O)O. The molecule has 1 atom stereocenters. The summed E-state index contributed by atoms with van der Waals surface area (Å²) in [5.41, 5.74) is 6.61. The van der Waals surface area contributed by atoms with Crippen LogP contribution in [0.2, 0.25) is 5.02 Å². The zero-order chi connectivity index (χ0) is 12.0. The number of nitrogens with two attached hydrogens (primary N) is 1. The number of carboxylic acids is 1. The number of carboxylic acid groups (broad SMARTS) is 1. The Bertz CT molecular complexity index is 337. The van der Waals surface area contributed by atoms with Gasteiger partial charge in [0.1, 0.15) is 6.04 Å². The lowest BCUT2D eigenvalue weighted by Crippen LogP contribution is -2.29. The Hall–Kier alpha value is -1.06. The van der Waals surface area contributed by atoms with Crippen LogP contribution in [0, 0.1) is 0 Å². The second kappa shape index (κ2) is 6.51. The van der Waals surface area contributed by atoms with Gasteiger partial charge in [0.15, 0.2) is 0 Å². The highest BCUT2D eigenvalue weighted by Gasteiger charge is 2.09. The van der Waals surface area contributed by atoms with Gasteiger partial charge in [-0.2, -0.15) is 0 Å². The van der Waals surface area contributed by atoms with Crippen LogP contribution in [-0.4, -0.2) is 17.1 Å². The first-order valence-electron chi connectivity index (χ1n) is 5.32. The lowest BCUT2D eigenvalue weighted by molar-refractivity contribution is -0.138. The van der Waals surface area contributed by atoms with E-state index in [9.17, 15) is 4.79 Å². The Balaban J connectivity index is 2.21. The molecule has 1 aromatic rings. The van der Waals surface area contributed by atoms with Crippen molar-refractivity contribution in [2.24, 2.45) is 5.73 Å². The van der Waals surface area contributed by atoms with Crippen LogP contribution in [0.1, 0.15) is 24.8 Å². The lowest BCUT2D eigenvalue weighted by Gasteiger charge is -2.05. The fourth-order valence-corrected chi connectivity index (χ4v) is 1.59. The molecule has 1 rings (SSSR count). The van der Waals surface area contributed by atoms with E-state index in [-0.39, 0.29) is 0 Å². The molecule has 16 heavy (non-hydrogen) atoms. The normalized spacial score (nSPS) is 12.4. The van der Waals surface area contributed by atoms with Crippen LogP contribution in [0.15, 0.2) is 24.3 Å². The Morgan fingerprint density at radius 2 is 1.94 bits per heavy atom. The number of halogens is 1. The van der Waals surface area contributed by atoms with E-state index in [0.29, 0.717) is 6.42 Å². The van der Waals surface area contributed by atoms with Crippen LogP contribution in [-0.2, 0) is 11.2 Å². The number of carbonyl (C=O) groups is 1. The van der Waals surface area contributed by atoms with Crippen molar-refractivity contribution in [1.82, 2.24) is 0 Å². The maximum atomic E-state index is 10.5. The molecule has 0 aliphatic heterocycles. The fourth-order valence-electron chi connectivity index (χ4n) is 1.47. The minimum absolute atomic E-state index is 0.531. The summed E-state index contributed by atoms with van der Waals surface area (Å²) in [5.74, 6) is -0.925. The molecule has 0 spiro atoms. The van der Waals surface area contributed by atoms with Crippen molar-refractivity contribution in [3.05, 3.63) is 34.9 Å². The van der Waals surface area contributed by atoms with E-state index in [1.807, 2.05) is 24.3 Å². The van der Waals surface area contributed by atoms with Gasteiger partial charge >= 0.3 is 5.97 Å². The number of unbranched alkanes of at least 4 members (excludes halogenated alkanes) is 1. The molecule has 0 saturated heterocycles. The zero-order valence-electron chi connectivity index (χ0n) is 9.03. The topological polar surface area (TPSA) is 63.3 Å². The van der Waals surface area contributed by atoms with Crippen LogP contribution in [0.25, 0.3) is 0 Å². The predicted molar refractivity (Wildman–Crippen MR) is 64.6 cm³/mol. The van der Waals surface area contributed by atoms with Crippen LogP contribution in [0.3, 0.4) is 0 Å². The molecule has 0 aromatic heterocycles. The molecule has 0 bridgehead atoms. The number of hydrogen-bond donors (Lipinski definition) is 2. The minimum atomic E-state index is -0.925. The Morgan fingerprint density at radius 1 is 1.31 bits per heavy atom. The highest BCUT2D eigenvalue weighted by Crippen LogP contribution is 2.12. The summed E-state index contributed by atoms with van der Waals surface area (Å²) in [5, 5.41) is 9.32. The summed E-state index contributed by atoms with van der Waals surface area (Å²) in [4.78, 5) is 10.5. The molecule has 1 aromatic carbocycles. The van der Waals surface area contributed by atoms with Crippen LogP contribution in [0.4, 0.5) is 0 Å². The molecule has 0 amide bonds. The van der Waals surface area contributed by atoms with E-state index in [1.165, 1.54) is 5.56 Å². The number of rotatable bonds is 6. The molecule has 0 heterocycles. The summed E-state index contributed by atoms with van der Waals surface area (Å²) < 4.78 is 0. The van der Waals surface area contributed by atoms with Crippen LogP contribution >= 0.6 is 11.6 Å². The van der Waals surface area contributed by atoms with Crippen molar-refractivity contribution < 1.29 is 9.90 Å². The summed E-state index contributed by atoms with van der Waals surface area (Å²) in [6.45, 7) is 0. The maximum Gasteiger partial charge on any atom is 0.320 e. The summed E-state index contributed by atoms with van der Waals surface area (Å²) in [6.07, 6.45) is 3.24. The van der Waals surface area contributed by atoms with Gasteiger partial charge in [0, 0.05) is 5.02 Å². The largest absolute Gasteiger partial charge is 0.480 e. The fraction of sp³-hybridized carbons (Fsp3) is 0.417. The van der Waals surface area contributed by atoms with Crippen LogP contribution in [0.5, 0.6) is 0 Å². The molecule has 0 aliphatic carbocycles. The Morgan fingerprint density at radius 3 is 2.50 bits per heavy atom. The van der Waals surface area contributed by atoms with E-state index in [2.05, 4.69) is 0 Å². The third-order valence-corrected chi connectivity index (χ3v) is 2.71. The highest BCUT2D eigenvalue weighted by atomic mass is 35.5. The average molecular weight is 242 g/mol. The third-order valence-electron chi connectivity index (χ3n) is 2.46. The van der Waals surface area contributed by atoms with Gasteiger partial charge in [-0.25, -0.2) is 0 Å². The highest BCUT2D eigenvalue weighted by molar-refractivity contribution is 6.30. The van der Waals surface area contributed by atoms with Crippen molar-refractivity contribution in [2.75, 3.05) is 0 Å². The predicted octanol–water partition coefficient (Wildman–Crippen LogP) is 2.46. The van der Waals surface area contributed by atoms with Crippen LogP contribution < -0.4 is 5.73 Å². The van der Waals surface area contributed by atoms with Gasteiger partial charge < -0.3 is 10.8 Å². The van der Waals surface area contributed by atoms with Gasteiger partial charge in [-0.1, -0.05) is 30.2 Å². The smallest absolute Gasteiger partial charge is 0.320 e. The van der Waals surface area contributed by atoms with Gasteiger partial charge in [-0.05, 0) is 37.0 Å². The molecule has 1 unspecified atom stereocenters. The molecule has 88 valence electrons. The second-order valence-electron chi connectivity index (χ2n) is 3.82. The van der Waals surface area contributed by atoms with Gasteiger partial charge in [-0.15, -0.1) is 0 Å². The van der Waals surface area contributed by atoms with E-state index in [0.717, 1.165) is 24.3 Å². The van der Waals surface area contributed by atoms with Crippen molar-refractivity contribution in [2.45, 2.75) is 31.7 Å². The molecule has 3 nitrogen and oxygen atoms in total. The maximum absolute atomic E-state index is 10.5. The molecular weight excluding hydrogens is 226 g/mol. The second-order valence-corrected chi connectivity index (χ2v) is 4.25. The zero-order valence-corrected chi connectivity index (χ0v) is 9.78. The standard InChI is InChI=1S/C12H16ClNO2/c13-10-7-5-9(6-8-10)3-1-2-4-11(14)12(15)16/h5-8,11H,1-4,14H2,(H,15,16). The van der Waals surface area contributed by atoms with E-state index < -0.39 is 12.0 Å². The first-order valence-corrected chi connectivity index (χ1v) is 5.70. The minimum Gasteiger partial charge on any atom is -0.480 e. The van der Waals surface area contributed by atoms with Crippen molar-refractivity contribution in [3.63, 3.8) is 0 Å². The quantitative estimate of drug-likeness (QED) is 0.752. The molecular formula is C12H16ClNO2. The van der Waals surface area contributed by atoms with Crippen molar-refractivity contribution in [1.29, 1.82) is 0 Å².